The zero-order valence-electron chi connectivity index (χ0n) is 21.0. The maximum atomic E-state index is 13.7. The van der Waals surface area contributed by atoms with Crippen LogP contribution in [0.3, 0.4) is 0 Å². The number of carbonyl (C=O) groups excluding carboxylic acids is 3. The van der Waals surface area contributed by atoms with E-state index in [4.69, 9.17) is 0 Å². The van der Waals surface area contributed by atoms with Gasteiger partial charge >= 0.3 is 0 Å². The van der Waals surface area contributed by atoms with Crippen LogP contribution in [-0.4, -0.2) is 35.2 Å². The molecule has 3 amide bonds. The maximum absolute atomic E-state index is 13.7. The van der Waals surface area contributed by atoms with E-state index in [9.17, 15) is 19.9 Å². The van der Waals surface area contributed by atoms with Crippen molar-refractivity contribution in [1.82, 2.24) is 10.2 Å². The lowest BCUT2D eigenvalue weighted by molar-refractivity contribution is -0.122. The molecule has 0 bridgehead atoms. The van der Waals surface area contributed by atoms with E-state index in [1.807, 2.05) is 91.0 Å². The predicted molar refractivity (Wildman–Crippen MR) is 147 cm³/mol. The third-order valence-electron chi connectivity index (χ3n) is 6.85. The number of hydrogen-bond acceptors (Lipinski definition) is 4. The average Bonchev–Trinajstić information content (AvgIpc) is 3.22. The molecule has 1 heterocycles. The summed E-state index contributed by atoms with van der Waals surface area (Å²) in [5.41, 5.74) is 11.3. The molecule has 4 aromatic rings. The van der Waals surface area contributed by atoms with E-state index in [0.717, 1.165) is 21.6 Å². The van der Waals surface area contributed by atoms with Gasteiger partial charge < -0.3 is 5.32 Å². The molecular formula is C31H25N5O3. The zero-order valence-corrected chi connectivity index (χ0v) is 21.0. The van der Waals surface area contributed by atoms with E-state index in [1.165, 1.54) is 0 Å². The molecule has 1 N–H and O–H groups in total. The molecule has 8 nitrogen and oxygen atoms in total. The molecule has 1 atom stereocenters. The molecule has 5 rings (SSSR count). The smallest absolute Gasteiger partial charge is 0.261 e. The molecule has 4 aromatic carbocycles. The lowest BCUT2D eigenvalue weighted by atomic mass is 9.77. The number of rotatable bonds is 9. The van der Waals surface area contributed by atoms with Crippen LogP contribution in [0.25, 0.3) is 10.4 Å². The van der Waals surface area contributed by atoms with Gasteiger partial charge in [0.1, 0.15) is 5.54 Å². The first kappa shape index (κ1) is 25.4. The first-order chi connectivity index (χ1) is 19.0. The second kappa shape index (κ2) is 11.0. The molecule has 0 radical (unpaired) electrons. The second-order valence-corrected chi connectivity index (χ2v) is 9.23. The third-order valence-corrected chi connectivity index (χ3v) is 6.85. The summed E-state index contributed by atoms with van der Waals surface area (Å²) >= 11 is 0. The minimum atomic E-state index is -1.04. The third kappa shape index (κ3) is 4.89. The van der Waals surface area contributed by atoms with Crippen molar-refractivity contribution in [3.63, 3.8) is 0 Å². The van der Waals surface area contributed by atoms with Gasteiger partial charge in [-0.15, -0.1) is 0 Å². The number of imide groups is 1. The molecule has 8 heteroatoms. The summed E-state index contributed by atoms with van der Waals surface area (Å²) in [6.45, 7) is -0.209. The highest BCUT2D eigenvalue weighted by atomic mass is 16.2. The van der Waals surface area contributed by atoms with Crippen molar-refractivity contribution < 1.29 is 14.4 Å². The van der Waals surface area contributed by atoms with Crippen molar-refractivity contribution in [2.45, 2.75) is 18.0 Å². The first-order valence-electron chi connectivity index (χ1n) is 12.5. The standard InChI is InChI=1S/C31H25N5O3/c32-35-34-25(21-36-29(38)26-18-10-11-19-27(26)30(36)39)20-28(37)33-31(22-12-4-1-5-13-22,23-14-6-2-7-15-23)24-16-8-3-9-17-24/h1-19,25H,20-21H2,(H,33,37)/t25-/m0/s1. The Labute approximate surface area is 225 Å². The normalized spacial score (nSPS) is 13.4. The van der Waals surface area contributed by atoms with E-state index < -0.39 is 29.3 Å². The van der Waals surface area contributed by atoms with Gasteiger partial charge in [-0.3, -0.25) is 19.3 Å². The van der Waals surface area contributed by atoms with Crippen LogP contribution in [0, 0.1) is 0 Å². The highest BCUT2D eigenvalue weighted by molar-refractivity contribution is 6.21. The molecule has 0 aliphatic carbocycles. The van der Waals surface area contributed by atoms with Gasteiger partial charge in [0.2, 0.25) is 5.91 Å². The predicted octanol–water partition coefficient (Wildman–Crippen LogP) is 5.46. The Kier molecular flexibility index (Phi) is 7.21. The SMILES string of the molecule is [N-]=[N+]=N[C@@H](CC(=O)NC(c1ccccc1)(c1ccccc1)c1ccccc1)CN1C(=O)c2ccccc2C1=O. The molecular weight excluding hydrogens is 490 g/mol. The fourth-order valence-electron chi connectivity index (χ4n) is 5.09. The minimum absolute atomic E-state index is 0.209. The number of fused-ring (bicyclic) bond motifs is 1. The highest BCUT2D eigenvalue weighted by Gasteiger charge is 2.40. The number of hydrogen-bond donors (Lipinski definition) is 1. The number of azide groups is 1. The van der Waals surface area contributed by atoms with Gasteiger partial charge in [-0.1, -0.05) is 108 Å². The van der Waals surface area contributed by atoms with Crippen molar-refractivity contribution in [2.24, 2.45) is 5.11 Å². The van der Waals surface area contributed by atoms with Crippen molar-refractivity contribution in [3.05, 3.63) is 154 Å². The summed E-state index contributed by atoms with van der Waals surface area (Å²) in [6, 6.07) is 34.4. The van der Waals surface area contributed by atoms with Crippen LogP contribution in [0.15, 0.2) is 120 Å². The van der Waals surface area contributed by atoms with Gasteiger partial charge in [0.15, 0.2) is 0 Å². The number of benzene rings is 4. The van der Waals surface area contributed by atoms with Crippen molar-refractivity contribution in [1.29, 1.82) is 0 Å². The van der Waals surface area contributed by atoms with E-state index >= 15 is 0 Å². The summed E-state index contributed by atoms with van der Waals surface area (Å²) in [5.74, 6) is -1.34. The summed E-state index contributed by atoms with van der Waals surface area (Å²) < 4.78 is 0. The minimum Gasteiger partial charge on any atom is -0.338 e. The molecule has 1 aliphatic rings. The van der Waals surface area contributed by atoms with Crippen LogP contribution in [0.1, 0.15) is 43.8 Å². The highest BCUT2D eigenvalue weighted by Crippen LogP contribution is 2.37. The van der Waals surface area contributed by atoms with Crippen LogP contribution >= 0.6 is 0 Å². The number of nitrogens with one attached hydrogen (secondary N) is 1. The monoisotopic (exact) mass is 515 g/mol. The molecule has 0 spiro atoms. The van der Waals surface area contributed by atoms with Gasteiger partial charge in [-0.25, -0.2) is 0 Å². The first-order valence-corrected chi connectivity index (χ1v) is 12.5. The molecule has 0 fully saturated rings. The molecule has 39 heavy (non-hydrogen) atoms. The average molecular weight is 516 g/mol. The second-order valence-electron chi connectivity index (χ2n) is 9.23. The van der Waals surface area contributed by atoms with E-state index in [0.29, 0.717) is 11.1 Å². The molecule has 192 valence electrons. The lowest BCUT2D eigenvalue weighted by Gasteiger charge is -2.37. The summed E-state index contributed by atoms with van der Waals surface area (Å²) in [6.07, 6.45) is -0.230. The number of nitrogens with zero attached hydrogens (tertiary/aromatic N) is 4. The molecule has 0 saturated heterocycles. The van der Waals surface area contributed by atoms with Gasteiger partial charge in [0.25, 0.3) is 11.8 Å². The summed E-state index contributed by atoms with van der Waals surface area (Å²) in [5, 5.41) is 7.00. The van der Waals surface area contributed by atoms with E-state index in [2.05, 4.69) is 15.3 Å². The fraction of sp³-hybridized carbons (Fsp3) is 0.129. The number of amides is 3. The van der Waals surface area contributed by atoms with Gasteiger partial charge in [-0.2, -0.15) is 0 Å². The van der Waals surface area contributed by atoms with E-state index in [-0.39, 0.29) is 13.0 Å². The Morgan fingerprint density at radius 1 is 0.744 bits per heavy atom. The zero-order chi connectivity index (χ0) is 27.2. The van der Waals surface area contributed by atoms with Crippen LogP contribution in [0.2, 0.25) is 0 Å². The van der Waals surface area contributed by atoms with Crippen LogP contribution in [-0.2, 0) is 10.3 Å². The summed E-state index contributed by atoms with van der Waals surface area (Å²) in [7, 11) is 0. The van der Waals surface area contributed by atoms with Gasteiger partial charge in [0.05, 0.1) is 17.2 Å². The Hall–Kier alpha value is -5.20. The van der Waals surface area contributed by atoms with Crippen LogP contribution < -0.4 is 5.32 Å². The Morgan fingerprint density at radius 2 is 1.15 bits per heavy atom. The molecule has 1 aliphatic heterocycles. The maximum Gasteiger partial charge on any atom is 0.261 e. The number of carbonyl (C=O) groups is 3. The molecule has 0 unspecified atom stereocenters. The Morgan fingerprint density at radius 3 is 1.56 bits per heavy atom. The van der Waals surface area contributed by atoms with Crippen LogP contribution in [0.5, 0.6) is 0 Å². The topological polar surface area (TPSA) is 115 Å². The summed E-state index contributed by atoms with van der Waals surface area (Å²) in [4.78, 5) is 43.4. The largest absolute Gasteiger partial charge is 0.338 e. The van der Waals surface area contributed by atoms with Crippen molar-refractivity contribution in [3.8, 4) is 0 Å². The van der Waals surface area contributed by atoms with Crippen molar-refractivity contribution in [2.75, 3.05) is 6.54 Å². The van der Waals surface area contributed by atoms with E-state index in [1.54, 1.807) is 24.3 Å². The van der Waals surface area contributed by atoms with Gasteiger partial charge in [-0.05, 0) is 34.4 Å². The van der Waals surface area contributed by atoms with Crippen LogP contribution in [0.4, 0.5) is 0 Å². The molecule has 0 aromatic heterocycles. The fourth-order valence-corrected chi connectivity index (χ4v) is 5.09. The van der Waals surface area contributed by atoms with Crippen molar-refractivity contribution >= 4 is 17.7 Å². The lowest BCUT2D eigenvalue weighted by Crippen LogP contribution is -2.49. The Balaban J connectivity index is 1.48. The van der Waals surface area contributed by atoms with Gasteiger partial charge in [0, 0.05) is 17.9 Å². The quantitative estimate of drug-likeness (QED) is 0.105. The Bertz CT molecular complexity index is 1420. The molecule has 0 saturated carbocycles.